The van der Waals surface area contributed by atoms with Crippen molar-refractivity contribution in [3.8, 4) is 0 Å². The first kappa shape index (κ1) is 16.6. The first-order valence-corrected chi connectivity index (χ1v) is 7.32. The van der Waals surface area contributed by atoms with E-state index in [1.807, 2.05) is 0 Å². The Balaban J connectivity index is 2.23. The second-order valence-corrected chi connectivity index (χ2v) is 5.87. The van der Waals surface area contributed by atoms with Gasteiger partial charge in [0.05, 0.1) is 17.6 Å². The molecule has 0 aliphatic carbocycles. The average Bonchev–Trinajstić information content (AvgIpc) is 3.04. The maximum absolute atomic E-state index is 11.8. The number of aliphatic hydroxyl groups excluding tert-OH is 2. The monoisotopic (exact) mass is 337 g/mol. The van der Waals surface area contributed by atoms with Crippen LogP contribution in [0.2, 0.25) is 0 Å². The molecule has 3 rings (SSSR count). The number of aliphatic hydroxyl groups is 3. The van der Waals surface area contributed by atoms with Crippen LogP contribution in [0, 0.1) is 0 Å². The van der Waals surface area contributed by atoms with Gasteiger partial charge in [-0.1, -0.05) is 0 Å². The van der Waals surface area contributed by atoms with Crippen molar-refractivity contribution in [1.82, 2.24) is 14.5 Å². The summed E-state index contributed by atoms with van der Waals surface area (Å²) in [6.45, 7) is 0.917. The molecule has 0 saturated carbocycles. The quantitative estimate of drug-likeness (QED) is 0.455. The topological polar surface area (TPSA) is 156 Å². The first-order valence-electron chi connectivity index (χ1n) is 7.32. The third-order valence-corrected chi connectivity index (χ3v) is 4.30. The highest BCUT2D eigenvalue weighted by Gasteiger charge is 2.53. The summed E-state index contributed by atoms with van der Waals surface area (Å²) in [5, 5.41) is 33.3. The van der Waals surface area contributed by atoms with E-state index >= 15 is 0 Å². The van der Waals surface area contributed by atoms with Crippen LogP contribution in [0.1, 0.15) is 23.5 Å². The highest BCUT2D eigenvalue weighted by molar-refractivity contribution is 6.09. The summed E-state index contributed by atoms with van der Waals surface area (Å²) in [5.41, 5.74) is 4.18. The summed E-state index contributed by atoms with van der Waals surface area (Å²) in [5.74, 6) is -0.300. The fraction of sp³-hybridized carbons (Fsp3) is 0.500. The van der Waals surface area contributed by atoms with Gasteiger partial charge in [-0.2, -0.15) is 0 Å². The van der Waals surface area contributed by atoms with Crippen molar-refractivity contribution in [3.63, 3.8) is 0 Å². The molecule has 0 radical (unpaired) electrons. The van der Waals surface area contributed by atoms with Crippen molar-refractivity contribution in [2.24, 2.45) is 5.73 Å². The number of carbonyl (C=O) groups is 1. The van der Waals surface area contributed by atoms with Gasteiger partial charge >= 0.3 is 0 Å². The third-order valence-electron chi connectivity index (χ3n) is 4.30. The van der Waals surface area contributed by atoms with E-state index in [1.54, 1.807) is 7.05 Å². The van der Waals surface area contributed by atoms with Gasteiger partial charge in [0, 0.05) is 13.2 Å². The minimum atomic E-state index is -1.71. The van der Waals surface area contributed by atoms with Gasteiger partial charge in [-0.3, -0.25) is 4.79 Å². The van der Waals surface area contributed by atoms with Crippen LogP contribution < -0.4 is 11.1 Å². The molecule has 1 unspecified atom stereocenters. The van der Waals surface area contributed by atoms with E-state index < -0.39 is 36.6 Å². The van der Waals surface area contributed by atoms with Crippen molar-refractivity contribution in [1.29, 1.82) is 0 Å². The molecule has 4 atom stereocenters. The van der Waals surface area contributed by atoms with E-state index in [1.165, 1.54) is 24.0 Å². The summed E-state index contributed by atoms with van der Waals surface area (Å²) < 4.78 is 6.99. The number of aromatic nitrogens is 3. The lowest BCUT2D eigenvalue weighted by atomic mass is 9.96. The highest BCUT2D eigenvalue weighted by Crippen LogP contribution is 2.40. The largest absolute Gasteiger partial charge is 0.394 e. The molecule has 6 N–H and O–H groups in total. The zero-order valence-electron chi connectivity index (χ0n) is 13.2. The van der Waals surface area contributed by atoms with Gasteiger partial charge < -0.3 is 35.7 Å². The number of anilines is 1. The molecule has 1 amide bonds. The summed E-state index contributed by atoms with van der Waals surface area (Å²) in [6, 6.07) is 0. The minimum Gasteiger partial charge on any atom is -0.394 e. The first-order chi connectivity index (χ1) is 11.3. The number of carbonyl (C=O) groups excluding carboxylic acids is 1. The van der Waals surface area contributed by atoms with Crippen LogP contribution in [0.15, 0.2) is 12.5 Å². The molecule has 10 nitrogen and oxygen atoms in total. The fourth-order valence-electron chi connectivity index (χ4n) is 3.03. The predicted octanol–water partition coefficient (Wildman–Crippen LogP) is -1.43. The summed E-state index contributed by atoms with van der Waals surface area (Å²) in [4.78, 5) is 20.0. The highest BCUT2D eigenvalue weighted by atomic mass is 16.6. The second kappa shape index (κ2) is 5.67. The Morgan fingerprint density at radius 2 is 2.25 bits per heavy atom. The van der Waals surface area contributed by atoms with Crippen LogP contribution in [-0.4, -0.2) is 67.2 Å². The Labute approximate surface area is 136 Å². The second-order valence-electron chi connectivity index (χ2n) is 5.87. The lowest BCUT2D eigenvalue weighted by Crippen LogP contribution is -2.44. The molecule has 2 aromatic rings. The van der Waals surface area contributed by atoms with E-state index in [-0.39, 0.29) is 5.56 Å². The van der Waals surface area contributed by atoms with Crippen molar-refractivity contribution < 1.29 is 24.9 Å². The molecule has 1 aliphatic rings. The van der Waals surface area contributed by atoms with Gasteiger partial charge in [-0.05, 0) is 6.92 Å². The zero-order chi connectivity index (χ0) is 17.6. The molecule has 1 aliphatic heterocycles. The SMILES string of the molecule is CNc1ncnc2c1c(C(N)=O)cn2C1O[C@H](CO)[C@@H](O)[C@@]1(C)O. The molecule has 0 aromatic carbocycles. The van der Waals surface area contributed by atoms with E-state index in [9.17, 15) is 20.1 Å². The third kappa shape index (κ3) is 2.23. The number of fused-ring (bicyclic) bond motifs is 1. The maximum Gasteiger partial charge on any atom is 0.251 e. The van der Waals surface area contributed by atoms with Crippen LogP contribution >= 0.6 is 0 Å². The average molecular weight is 337 g/mol. The van der Waals surface area contributed by atoms with Crippen molar-refractivity contribution in [2.45, 2.75) is 31.0 Å². The molecule has 1 saturated heterocycles. The van der Waals surface area contributed by atoms with Gasteiger partial charge in [0.1, 0.15) is 35.6 Å². The van der Waals surface area contributed by atoms with Crippen molar-refractivity contribution >= 4 is 22.8 Å². The number of nitrogens with zero attached hydrogens (tertiary/aromatic N) is 3. The summed E-state index contributed by atoms with van der Waals surface area (Å²) >= 11 is 0. The van der Waals surface area contributed by atoms with Gasteiger partial charge in [0.15, 0.2) is 6.23 Å². The number of hydrogen-bond acceptors (Lipinski definition) is 8. The Hall–Kier alpha value is -2.27. The van der Waals surface area contributed by atoms with Crippen LogP contribution in [0.3, 0.4) is 0 Å². The number of amides is 1. The molecule has 130 valence electrons. The number of hydrogen-bond donors (Lipinski definition) is 5. The summed E-state index contributed by atoms with van der Waals surface area (Å²) in [6.07, 6.45) is -0.662. The maximum atomic E-state index is 11.8. The molecule has 24 heavy (non-hydrogen) atoms. The van der Waals surface area contributed by atoms with E-state index in [0.29, 0.717) is 16.9 Å². The van der Waals surface area contributed by atoms with E-state index in [4.69, 9.17) is 10.5 Å². The number of primary amides is 1. The Morgan fingerprint density at radius 1 is 1.54 bits per heavy atom. The lowest BCUT2D eigenvalue weighted by molar-refractivity contribution is -0.0948. The molecule has 3 heterocycles. The standard InChI is InChI=1S/C14H19N5O5/c1-14(23)9(21)7(4-20)24-13(14)19-3-6(10(15)22)8-11(16-2)17-5-18-12(8)19/h3,5,7,9,13,20-21,23H,4H2,1-2H3,(H2,15,22)(H,16,17,18)/t7-,9-,13?,14-/m1/s1. The van der Waals surface area contributed by atoms with Gasteiger partial charge in [-0.15, -0.1) is 0 Å². The number of rotatable bonds is 4. The lowest BCUT2D eigenvalue weighted by Gasteiger charge is -2.27. The van der Waals surface area contributed by atoms with E-state index in [2.05, 4.69) is 15.3 Å². The molecule has 10 heteroatoms. The fourth-order valence-corrected chi connectivity index (χ4v) is 3.03. The van der Waals surface area contributed by atoms with Crippen molar-refractivity contribution in [2.75, 3.05) is 19.0 Å². The summed E-state index contributed by atoms with van der Waals surface area (Å²) in [7, 11) is 1.64. The molecule has 2 aromatic heterocycles. The Bertz CT molecular complexity index is 789. The normalized spacial score (nSPS) is 30.0. The van der Waals surface area contributed by atoms with Gasteiger partial charge in [0.2, 0.25) is 0 Å². The molecule has 1 fully saturated rings. The molecular weight excluding hydrogens is 318 g/mol. The van der Waals surface area contributed by atoms with Crippen molar-refractivity contribution in [3.05, 3.63) is 18.1 Å². The predicted molar refractivity (Wildman–Crippen MR) is 83.2 cm³/mol. The molecular formula is C14H19N5O5. The van der Waals surface area contributed by atoms with Gasteiger partial charge in [0.25, 0.3) is 5.91 Å². The van der Waals surface area contributed by atoms with Crippen LogP contribution in [-0.2, 0) is 4.74 Å². The molecule has 0 bridgehead atoms. The smallest absolute Gasteiger partial charge is 0.251 e. The van der Waals surface area contributed by atoms with Crippen LogP contribution in [0.5, 0.6) is 0 Å². The van der Waals surface area contributed by atoms with Crippen LogP contribution in [0.25, 0.3) is 11.0 Å². The minimum absolute atomic E-state index is 0.149. The zero-order valence-corrected chi connectivity index (χ0v) is 13.2. The Morgan fingerprint density at radius 3 is 2.79 bits per heavy atom. The van der Waals surface area contributed by atoms with E-state index in [0.717, 1.165) is 0 Å². The van der Waals surface area contributed by atoms with Crippen LogP contribution in [0.4, 0.5) is 5.82 Å². The Kier molecular flexibility index (Phi) is 3.92. The number of ether oxygens (including phenoxy) is 1. The van der Waals surface area contributed by atoms with Gasteiger partial charge in [-0.25, -0.2) is 9.97 Å². The molecule has 0 spiro atoms. The number of nitrogens with one attached hydrogen (secondary N) is 1. The number of nitrogens with two attached hydrogens (primary N) is 1.